The van der Waals surface area contributed by atoms with Crippen molar-refractivity contribution in [3.63, 3.8) is 0 Å². The Bertz CT molecular complexity index is 569. The molecule has 1 aromatic carbocycles. The van der Waals surface area contributed by atoms with Crippen LogP contribution in [0.4, 0.5) is 4.79 Å². The van der Waals surface area contributed by atoms with Gasteiger partial charge < -0.3 is 35.4 Å². The van der Waals surface area contributed by atoms with Gasteiger partial charge in [0.15, 0.2) is 11.5 Å². The zero-order valence-electron chi connectivity index (χ0n) is 16.3. The number of ether oxygens (including phenoxy) is 2. The quantitative estimate of drug-likeness (QED) is 0.275. The fourth-order valence-electron chi connectivity index (χ4n) is 2.55. The number of aliphatic hydroxyl groups is 1. The van der Waals surface area contributed by atoms with Crippen LogP contribution in [0.15, 0.2) is 18.2 Å². The van der Waals surface area contributed by atoms with Crippen LogP contribution in [0.3, 0.4) is 0 Å². The molecule has 0 aliphatic heterocycles. The Morgan fingerprint density at radius 3 is 2.59 bits per heavy atom. The molecule has 0 radical (unpaired) electrons. The van der Waals surface area contributed by atoms with Gasteiger partial charge >= 0.3 is 6.09 Å². The number of alkyl carbamates (subject to hydrolysis) is 1. The van der Waals surface area contributed by atoms with Gasteiger partial charge in [-0.1, -0.05) is 13.0 Å². The maximum absolute atomic E-state index is 11.7. The van der Waals surface area contributed by atoms with Crippen molar-refractivity contribution in [3.05, 3.63) is 23.8 Å². The predicted molar refractivity (Wildman–Crippen MR) is 102 cm³/mol. The number of aliphatic hydroxyl groups excluding tert-OH is 1. The van der Waals surface area contributed by atoms with E-state index in [2.05, 4.69) is 17.6 Å². The molecule has 0 fully saturated rings. The van der Waals surface area contributed by atoms with Crippen LogP contribution in [-0.2, 0) is 15.9 Å². The third kappa shape index (κ3) is 10.0. The van der Waals surface area contributed by atoms with Crippen LogP contribution in [0.2, 0.25) is 0 Å². The van der Waals surface area contributed by atoms with E-state index in [-0.39, 0.29) is 18.1 Å². The minimum absolute atomic E-state index is 0.102. The summed E-state index contributed by atoms with van der Waals surface area (Å²) in [5.41, 5.74) is 0.769. The van der Waals surface area contributed by atoms with E-state index in [1.165, 1.54) is 12.1 Å². The van der Waals surface area contributed by atoms with E-state index in [1.54, 1.807) is 13.0 Å². The van der Waals surface area contributed by atoms with Gasteiger partial charge in [-0.15, -0.1) is 0 Å². The highest BCUT2D eigenvalue weighted by atomic mass is 16.7. The SMILES string of the molecule is CNCCC(C)CC(O)COC(C)OC(=O)NCCc1ccc(O)c(O)c1. The van der Waals surface area contributed by atoms with Crippen molar-refractivity contribution in [2.75, 3.05) is 26.7 Å². The van der Waals surface area contributed by atoms with Crippen LogP contribution in [-0.4, -0.2) is 60.6 Å². The number of amides is 1. The number of benzene rings is 1. The number of rotatable bonds is 12. The summed E-state index contributed by atoms with van der Waals surface area (Å²) in [6.07, 6.45) is 0.0722. The summed E-state index contributed by atoms with van der Waals surface area (Å²) < 4.78 is 10.4. The topological polar surface area (TPSA) is 120 Å². The largest absolute Gasteiger partial charge is 0.504 e. The summed E-state index contributed by atoms with van der Waals surface area (Å²) in [4.78, 5) is 11.7. The van der Waals surface area contributed by atoms with Crippen LogP contribution >= 0.6 is 0 Å². The maximum Gasteiger partial charge on any atom is 0.409 e. The Labute approximate surface area is 160 Å². The van der Waals surface area contributed by atoms with Gasteiger partial charge in [0.1, 0.15) is 0 Å². The van der Waals surface area contributed by atoms with Gasteiger partial charge in [-0.3, -0.25) is 0 Å². The molecule has 1 amide bonds. The van der Waals surface area contributed by atoms with Crippen LogP contribution < -0.4 is 10.6 Å². The minimum atomic E-state index is -0.773. The first-order chi connectivity index (χ1) is 12.8. The van der Waals surface area contributed by atoms with Crippen LogP contribution in [0, 0.1) is 5.92 Å². The van der Waals surface area contributed by atoms with Crippen LogP contribution in [0.25, 0.3) is 0 Å². The normalized spacial score (nSPS) is 14.4. The molecule has 0 bridgehead atoms. The molecule has 0 saturated carbocycles. The molecule has 0 spiro atoms. The molecule has 5 N–H and O–H groups in total. The van der Waals surface area contributed by atoms with Crippen LogP contribution in [0.5, 0.6) is 11.5 Å². The first kappa shape index (κ1) is 23.0. The summed E-state index contributed by atoms with van der Waals surface area (Å²) in [5.74, 6) is -0.0125. The lowest BCUT2D eigenvalue weighted by Crippen LogP contribution is -2.32. The second-order valence-corrected chi connectivity index (χ2v) is 6.69. The Balaban J connectivity index is 2.19. The average molecular weight is 384 g/mol. The first-order valence-electron chi connectivity index (χ1n) is 9.21. The molecule has 27 heavy (non-hydrogen) atoms. The van der Waals surface area contributed by atoms with Gasteiger partial charge in [-0.25, -0.2) is 4.79 Å². The Morgan fingerprint density at radius 1 is 1.19 bits per heavy atom. The van der Waals surface area contributed by atoms with E-state index < -0.39 is 18.5 Å². The van der Waals surface area contributed by atoms with Gasteiger partial charge in [0.25, 0.3) is 0 Å². The highest BCUT2D eigenvalue weighted by molar-refractivity contribution is 5.67. The lowest BCUT2D eigenvalue weighted by molar-refractivity contribution is -0.115. The smallest absolute Gasteiger partial charge is 0.409 e. The lowest BCUT2D eigenvalue weighted by atomic mass is 10.0. The fraction of sp³-hybridized carbons (Fsp3) is 0.632. The first-order valence-corrected chi connectivity index (χ1v) is 9.21. The number of phenols is 2. The molecule has 1 rings (SSSR count). The average Bonchev–Trinajstić information content (AvgIpc) is 2.61. The molecule has 0 aliphatic carbocycles. The van der Waals surface area contributed by atoms with Gasteiger partial charge in [-0.2, -0.15) is 0 Å². The number of carbonyl (C=O) groups is 1. The summed E-state index contributed by atoms with van der Waals surface area (Å²) in [5, 5.41) is 34.3. The minimum Gasteiger partial charge on any atom is -0.504 e. The summed E-state index contributed by atoms with van der Waals surface area (Å²) in [6.45, 7) is 4.97. The number of hydrogen-bond acceptors (Lipinski definition) is 7. The van der Waals surface area contributed by atoms with Crippen molar-refractivity contribution in [1.82, 2.24) is 10.6 Å². The van der Waals surface area contributed by atoms with Crippen molar-refractivity contribution in [2.45, 2.75) is 45.5 Å². The highest BCUT2D eigenvalue weighted by Gasteiger charge is 2.14. The zero-order valence-corrected chi connectivity index (χ0v) is 16.3. The van der Waals surface area contributed by atoms with E-state index in [9.17, 15) is 20.1 Å². The van der Waals surface area contributed by atoms with Crippen molar-refractivity contribution in [1.29, 1.82) is 0 Å². The molecule has 154 valence electrons. The van der Waals surface area contributed by atoms with E-state index in [1.807, 2.05) is 7.05 Å². The summed E-state index contributed by atoms with van der Waals surface area (Å²) in [6, 6.07) is 4.49. The van der Waals surface area contributed by atoms with E-state index in [0.29, 0.717) is 25.3 Å². The Kier molecular flexibility index (Phi) is 10.5. The van der Waals surface area contributed by atoms with E-state index in [0.717, 1.165) is 18.5 Å². The molecule has 0 aliphatic rings. The molecule has 8 nitrogen and oxygen atoms in total. The molecular formula is C19H32N2O6. The summed E-state index contributed by atoms with van der Waals surface area (Å²) >= 11 is 0. The Morgan fingerprint density at radius 2 is 1.93 bits per heavy atom. The predicted octanol–water partition coefficient (Wildman–Crippen LogP) is 1.73. The standard InChI is InChI=1S/C19H32N2O6/c1-13(6-8-20-3)10-16(22)12-26-14(2)27-19(25)21-9-7-15-4-5-17(23)18(24)11-15/h4-5,11,13-14,16,20,22-24H,6-10,12H2,1-3H3,(H,21,25). The number of nitrogens with one attached hydrogen (secondary N) is 2. The number of carbonyl (C=O) groups excluding carboxylic acids is 1. The van der Waals surface area contributed by atoms with Crippen molar-refractivity contribution >= 4 is 6.09 Å². The molecule has 0 heterocycles. The second-order valence-electron chi connectivity index (χ2n) is 6.69. The lowest BCUT2D eigenvalue weighted by Gasteiger charge is -2.19. The third-order valence-electron chi connectivity index (χ3n) is 4.08. The van der Waals surface area contributed by atoms with Gasteiger partial charge in [0.2, 0.25) is 6.29 Å². The third-order valence-corrected chi connectivity index (χ3v) is 4.08. The molecule has 0 aromatic heterocycles. The van der Waals surface area contributed by atoms with Crippen molar-refractivity contribution in [2.24, 2.45) is 5.92 Å². The van der Waals surface area contributed by atoms with Gasteiger partial charge in [0.05, 0.1) is 12.7 Å². The number of hydrogen-bond donors (Lipinski definition) is 5. The fourth-order valence-corrected chi connectivity index (χ4v) is 2.55. The summed E-state index contributed by atoms with van der Waals surface area (Å²) in [7, 11) is 1.89. The molecule has 1 aromatic rings. The van der Waals surface area contributed by atoms with Gasteiger partial charge in [0, 0.05) is 6.54 Å². The number of phenolic OH excluding ortho intramolecular Hbond substituents is 2. The monoisotopic (exact) mass is 384 g/mol. The molecular weight excluding hydrogens is 352 g/mol. The second kappa shape index (κ2) is 12.4. The Hall–Kier alpha value is -2.03. The van der Waals surface area contributed by atoms with Gasteiger partial charge in [-0.05, 0) is 63.4 Å². The van der Waals surface area contributed by atoms with E-state index in [4.69, 9.17) is 9.47 Å². The maximum atomic E-state index is 11.7. The van der Waals surface area contributed by atoms with Crippen molar-refractivity contribution in [3.8, 4) is 11.5 Å². The number of aromatic hydroxyl groups is 2. The molecule has 3 atom stereocenters. The zero-order chi connectivity index (χ0) is 20.2. The molecule has 0 saturated heterocycles. The van der Waals surface area contributed by atoms with E-state index >= 15 is 0 Å². The molecule has 3 unspecified atom stereocenters. The molecule has 8 heteroatoms. The van der Waals surface area contributed by atoms with Crippen LogP contribution in [0.1, 0.15) is 32.3 Å². The van der Waals surface area contributed by atoms with Crippen molar-refractivity contribution < 1.29 is 29.6 Å². The highest BCUT2D eigenvalue weighted by Crippen LogP contribution is 2.24.